The van der Waals surface area contributed by atoms with E-state index in [2.05, 4.69) is 74.6 Å². The second-order valence-corrected chi connectivity index (χ2v) is 17.1. The van der Waals surface area contributed by atoms with Crippen molar-refractivity contribution in [3.05, 3.63) is 60.8 Å². The monoisotopic (exact) mass is 794 g/mol. The maximum atomic E-state index is 12.7. The van der Waals surface area contributed by atoms with Gasteiger partial charge in [0.2, 0.25) is 0 Å². The Morgan fingerprint density at radius 1 is 0.582 bits per heavy atom. The van der Waals surface area contributed by atoms with Gasteiger partial charge in [0.1, 0.15) is 19.3 Å². The van der Waals surface area contributed by atoms with E-state index in [1.54, 1.807) is 0 Å². The lowest BCUT2D eigenvalue weighted by Gasteiger charge is -2.28. The largest absolute Gasteiger partial charge is 0.756 e. The van der Waals surface area contributed by atoms with Crippen LogP contribution in [-0.2, 0) is 27.9 Å². The quantitative estimate of drug-likeness (QED) is 0.0200. The second kappa shape index (κ2) is 39.0. The maximum Gasteiger partial charge on any atom is 0.306 e. The standard InChI is InChI=1S/C46H84NO7P/c1-6-8-10-12-14-16-18-19-20-21-22-23-24-25-26-27-28-29-30-31-33-35-37-39-46(48)54-45(44-53-55(49,50)52-42-40-47(3,4)5)43-51-41-38-36-34-32-17-15-13-11-9-7-2/h8,10,14,16,19-20,22-23,25-26,45H,6-7,9,11-13,15,17-18,21,24,27-44H2,1-5H3/b10-8-,16-14-,20-19-,23-22-,26-25-. The van der Waals surface area contributed by atoms with Crippen molar-refractivity contribution in [3.8, 4) is 0 Å². The Balaban J connectivity index is 4.19. The van der Waals surface area contributed by atoms with Crippen LogP contribution in [0.15, 0.2) is 60.8 Å². The van der Waals surface area contributed by atoms with Crippen LogP contribution in [0.2, 0.25) is 0 Å². The first kappa shape index (κ1) is 53.2. The number of esters is 1. The van der Waals surface area contributed by atoms with E-state index < -0.39 is 13.9 Å². The molecule has 0 aliphatic rings. The number of carbonyl (C=O) groups excluding carboxylic acids is 1. The van der Waals surface area contributed by atoms with E-state index in [9.17, 15) is 14.3 Å². The third-order valence-electron chi connectivity index (χ3n) is 9.08. The molecule has 0 fully saturated rings. The molecule has 2 unspecified atom stereocenters. The minimum Gasteiger partial charge on any atom is -0.756 e. The summed E-state index contributed by atoms with van der Waals surface area (Å²) in [5.74, 6) is -0.347. The minimum absolute atomic E-state index is 0.0221. The highest BCUT2D eigenvalue weighted by atomic mass is 31.2. The van der Waals surface area contributed by atoms with Crippen molar-refractivity contribution in [2.24, 2.45) is 0 Å². The zero-order valence-electron chi connectivity index (χ0n) is 36.1. The van der Waals surface area contributed by atoms with Crippen molar-refractivity contribution in [3.63, 3.8) is 0 Å². The predicted molar refractivity (Wildman–Crippen MR) is 231 cm³/mol. The first-order valence-electron chi connectivity index (χ1n) is 22.0. The molecule has 0 N–H and O–H groups in total. The third kappa shape index (κ3) is 43.2. The molecule has 0 radical (unpaired) electrons. The highest BCUT2D eigenvalue weighted by molar-refractivity contribution is 7.45. The summed E-state index contributed by atoms with van der Waals surface area (Å²) in [6.45, 7) is 5.27. The van der Waals surface area contributed by atoms with Gasteiger partial charge in [0, 0.05) is 13.0 Å². The van der Waals surface area contributed by atoms with E-state index in [1.807, 2.05) is 21.1 Å². The van der Waals surface area contributed by atoms with Crippen molar-refractivity contribution >= 4 is 13.8 Å². The van der Waals surface area contributed by atoms with E-state index in [-0.39, 0.29) is 25.8 Å². The number of hydrogen-bond donors (Lipinski definition) is 0. The van der Waals surface area contributed by atoms with E-state index in [0.29, 0.717) is 24.1 Å². The number of hydrogen-bond acceptors (Lipinski definition) is 7. The van der Waals surface area contributed by atoms with Gasteiger partial charge in [-0.25, -0.2) is 0 Å². The molecule has 8 nitrogen and oxygen atoms in total. The number of phosphoric acid groups is 1. The molecule has 9 heteroatoms. The summed E-state index contributed by atoms with van der Waals surface area (Å²) in [6, 6.07) is 0. The zero-order valence-corrected chi connectivity index (χ0v) is 37.0. The lowest BCUT2D eigenvalue weighted by molar-refractivity contribution is -0.870. The van der Waals surface area contributed by atoms with Gasteiger partial charge in [0.25, 0.3) is 7.82 Å². The summed E-state index contributed by atoms with van der Waals surface area (Å²) in [4.78, 5) is 25.0. The number of quaternary nitrogens is 1. The lowest BCUT2D eigenvalue weighted by Crippen LogP contribution is -2.37. The lowest BCUT2D eigenvalue weighted by atomic mass is 10.1. The molecule has 0 amide bonds. The number of unbranched alkanes of at least 4 members (excludes halogenated alkanes) is 16. The molecule has 2 atom stereocenters. The normalized spacial score (nSPS) is 14.4. The molecule has 0 aliphatic carbocycles. The molecule has 0 bridgehead atoms. The average molecular weight is 794 g/mol. The summed E-state index contributed by atoms with van der Waals surface area (Å²) in [7, 11) is 1.34. The summed E-state index contributed by atoms with van der Waals surface area (Å²) in [6.07, 6.45) is 48.0. The van der Waals surface area contributed by atoms with Crippen molar-refractivity contribution in [1.29, 1.82) is 0 Å². The van der Waals surface area contributed by atoms with Crippen LogP contribution in [0.25, 0.3) is 0 Å². The molecule has 0 saturated heterocycles. The fourth-order valence-electron chi connectivity index (χ4n) is 5.69. The molecule has 0 spiro atoms. The van der Waals surface area contributed by atoms with Crippen LogP contribution in [0.3, 0.4) is 0 Å². The molecule has 0 aromatic rings. The Labute approximate surface area is 339 Å². The Hall–Kier alpha value is -1.80. The number of phosphoric ester groups is 1. The van der Waals surface area contributed by atoms with E-state index in [1.165, 1.54) is 70.6 Å². The SMILES string of the molecule is CC/C=C\C/C=C\C/C=C\C/C=C\C/C=C\CCCCCCCCCC(=O)OC(COCCCCCCCCCCCC)COP(=O)([O-])OCC[N+](C)(C)C. The highest BCUT2D eigenvalue weighted by Crippen LogP contribution is 2.38. The van der Waals surface area contributed by atoms with Gasteiger partial charge in [-0.05, 0) is 57.8 Å². The third-order valence-corrected chi connectivity index (χ3v) is 10.0. The van der Waals surface area contributed by atoms with Gasteiger partial charge in [-0.1, -0.05) is 164 Å². The number of allylic oxidation sites excluding steroid dienone is 10. The number of carbonyl (C=O) groups is 1. The van der Waals surface area contributed by atoms with E-state index in [0.717, 1.165) is 77.0 Å². The highest BCUT2D eigenvalue weighted by Gasteiger charge is 2.20. The molecule has 0 aromatic heterocycles. The van der Waals surface area contributed by atoms with Crippen molar-refractivity contribution in [2.45, 2.75) is 174 Å². The van der Waals surface area contributed by atoms with Crippen molar-refractivity contribution in [2.75, 3.05) is 54.1 Å². The predicted octanol–water partition coefficient (Wildman–Crippen LogP) is 12.3. The van der Waals surface area contributed by atoms with Gasteiger partial charge in [0.05, 0.1) is 34.4 Å². The summed E-state index contributed by atoms with van der Waals surface area (Å²) in [5, 5.41) is 0. The molecule has 0 aromatic carbocycles. The van der Waals surface area contributed by atoms with Crippen molar-refractivity contribution in [1.82, 2.24) is 0 Å². The molecular formula is C46H84NO7P. The van der Waals surface area contributed by atoms with Gasteiger partial charge in [0.15, 0.2) is 0 Å². The fourth-order valence-corrected chi connectivity index (χ4v) is 6.42. The maximum absolute atomic E-state index is 12.7. The van der Waals surface area contributed by atoms with Crippen LogP contribution in [0.4, 0.5) is 0 Å². The number of ether oxygens (including phenoxy) is 2. The van der Waals surface area contributed by atoms with Crippen molar-refractivity contribution < 1.29 is 37.3 Å². The Morgan fingerprint density at radius 3 is 1.58 bits per heavy atom. The van der Waals surface area contributed by atoms with Crippen LogP contribution in [0.1, 0.15) is 168 Å². The van der Waals surface area contributed by atoms with Gasteiger partial charge in [-0.3, -0.25) is 9.36 Å². The van der Waals surface area contributed by atoms with Gasteiger partial charge in [-0.15, -0.1) is 0 Å². The van der Waals surface area contributed by atoms with Gasteiger partial charge in [-0.2, -0.15) is 0 Å². The van der Waals surface area contributed by atoms with Crippen LogP contribution in [0.5, 0.6) is 0 Å². The smallest absolute Gasteiger partial charge is 0.306 e. The number of nitrogens with zero attached hydrogens (tertiary/aromatic N) is 1. The number of likely N-dealkylation sites (N-methyl/N-ethyl adjacent to an activating group) is 1. The summed E-state index contributed by atoms with van der Waals surface area (Å²) < 4.78 is 34.5. The van der Waals surface area contributed by atoms with Gasteiger partial charge >= 0.3 is 5.97 Å². The molecule has 0 saturated carbocycles. The summed E-state index contributed by atoms with van der Waals surface area (Å²) in [5.41, 5.74) is 0. The fraction of sp³-hybridized carbons (Fsp3) is 0.761. The van der Waals surface area contributed by atoms with Crippen LogP contribution < -0.4 is 4.89 Å². The Bertz CT molecular complexity index is 1060. The molecule has 0 rings (SSSR count). The Kier molecular flexibility index (Phi) is 37.8. The summed E-state index contributed by atoms with van der Waals surface area (Å²) >= 11 is 0. The zero-order chi connectivity index (χ0) is 40.6. The van der Waals surface area contributed by atoms with E-state index >= 15 is 0 Å². The van der Waals surface area contributed by atoms with Crippen LogP contribution in [-0.4, -0.2) is 70.7 Å². The molecule has 0 heterocycles. The first-order valence-corrected chi connectivity index (χ1v) is 23.5. The molecule has 320 valence electrons. The minimum atomic E-state index is -4.52. The van der Waals surface area contributed by atoms with E-state index in [4.69, 9.17) is 18.5 Å². The first-order chi connectivity index (χ1) is 26.6. The average Bonchev–Trinajstić information content (AvgIpc) is 3.13. The second-order valence-electron chi connectivity index (χ2n) is 15.7. The van der Waals surface area contributed by atoms with Gasteiger partial charge < -0.3 is 27.9 Å². The molecule has 55 heavy (non-hydrogen) atoms. The number of rotatable bonds is 40. The molecule has 0 aliphatic heterocycles. The van der Waals surface area contributed by atoms with Crippen LogP contribution >= 0.6 is 7.82 Å². The Morgan fingerprint density at radius 2 is 1.05 bits per heavy atom. The topological polar surface area (TPSA) is 94.1 Å². The van der Waals surface area contributed by atoms with Crippen LogP contribution in [0, 0.1) is 0 Å². The molecular weight excluding hydrogens is 709 g/mol.